The molecule has 192 valence electrons. The Balaban J connectivity index is 1.93. The highest BCUT2D eigenvalue weighted by atomic mass is 35.5. The lowest BCUT2D eigenvalue weighted by Crippen LogP contribution is -2.83. The van der Waals surface area contributed by atoms with Crippen LogP contribution >= 0.6 is 23.2 Å². The van der Waals surface area contributed by atoms with Crippen LogP contribution in [0, 0.1) is 0 Å². The molecule has 2 unspecified atom stereocenters. The van der Waals surface area contributed by atoms with Gasteiger partial charge in [-0.1, -0.05) is 29.3 Å². The predicted molar refractivity (Wildman–Crippen MR) is 132 cm³/mol. The molecule has 0 aliphatic carbocycles. The Morgan fingerprint density at radius 3 is 2.56 bits per heavy atom. The van der Waals surface area contributed by atoms with Crippen molar-refractivity contribution < 1.29 is 22.8 Å². The van der Waals surface area contributed by atoms with Crippen molar-refractivity contribution in [3.05, 3.63) is 58.3 Å². The molecule has 2 N–H and O–H groups in total. The first-order valence-electron chi connectivity index (χ1n) is 11.2. The van der Waals surface area contributed by atoms with E-state index in [4.69, 9.17) is 28.9 Å². The van der Waals surface area contributed by atoms with Crippen LogP contribution in [0.1, 0.15) is 25.8 Å². The minimum Gasteiger partial charge on any atom is -0.366 e. The maximum absolute atomic E-state index is 14.0. The van der Waals surface area contributed by atoms with Crippen molar-refractivity contribution in [2.75, 3.05) is 13.1 Å². The van der Waals surface area contributed by atoms with Crippen molar-refractivity contribution in [1.29, 1.82) is 0 Å². The van der Waals surface area contributed by atoms with E-state index in [1.165, 1.54) is 23.1 Å². The minimum absolute atomic E-state index is 0.0201. The lowest BCUT2D eigenvalue weighted by atomic mass is 9.90. The summed E-state index contributed by atoms with van der Waals surface area (Å²) in [5.41, 5.74) is 4.39. The Morgan fingerprint density at radius 1 is 1.25 bits per heavy atom. The third-order valence-electron chi connectivity index (χ3n) is 6.51. The van der Waals surface area contributed by atoms with Crippen LogP contribution in [0.5, 0.6) is 0 Å². The Morgan fingerprint density at radius 2 is 1.97 bits per heavy atom. The van der Waals surface area contributed by atoms with Crippen LogP contribution < -0.4 is 5.73 Å². The van der Waals surface area contributed by atoms with Gasteiger partial charge in [-0.2, -0.15) is 4.31 Å². The highest BCUT2D eigenvalue weighted by molar-refractivity contribution is 7.89. The van der Waals surface area contributed by atoms with Crippen molar-refractivity contribution in [3.63, 3.8) is 0 Å². The van der Waals surface area contributed by atoms with E-state index in [1.54, 1.807) is 38.4 Å². The zero-order chi connectivity index (χ0) is 26.4. The molecule has 0 saturated carbocycles. The molecule has 3 heterocycles. The summed E-state index contributed by atoms with van der Waals surface area (Å²) in [6.45, 7) is 2.74. The fourth-order valence-electron chi connectivity index (χ4n) is 4.83. The number of piperazine rings is 1. The van der Waals surface area contributed by atoms with Gasteiger partial charge in [-0.05, 0) is 43.7 Å². The summed E-state index contributed by atoms with van der Waals surface area (Å²) >= 11 is 12.2. The summed E-state index contributed by atoms with van der Waals surface area (Å²) in [6.07, 6.45) is 2.88. The molecule has 0 spiro atoms. The van der Waals surface area contributed by atoms with Gasteiger partial charge >= 0.3 is 0 Å². The zero-order valence-electron chi connectivity index (χ0n) is 19.6. The molecule has 4 rings (SSSR count). The number of sulfonamides is 1. The van der Waals surface area contributed by atoms with Crippen molar-refractivity contribution in [2.45, 2.75) is 49.3 Å². The maximum atomic E-state index is 14.0. The number of benzene rings is 1. The molecule has 36 heavy (non-hydrogen) atoms. The van der Waals surface area contributed by atoms with Crippen LogP contribution in [0.25, 0.3) is 0 Å². The molecule has 2 atom stereocenters. The van der Waals surface area contributed by atoms with E-state index in [1.807, 2.05) is 0 Å². The van der Waals surface area contributed by atoms with Gasteiger partial charge < -0.3 is 15.5 Å². The van der Waals surface area contributed by atoms with Gasteiger partial charge in [-0.15, -0.1) is 0 Å². The second kappa shape index (κ2) is 9.62. The first-order chi connectivity index (χ1) is 16.9. The fourth-order valence-corrected chi connectivity index (χ4v) is 7.28. The molecule has 0 radical (unpaired) electrons. The van der Waals surface area contributed by atoms with Crippen LogP contribution in [0.15, 0.2) is 47.6 Å². The molecule has 1 aromatic heterocycles. The number of nitrogens with zero attached hydrogens (tertiary/aromatic N) is 4. The van der Waals surface area contributed by atoms with Gasteiger partial charge in [0.05, 0.1) is 11.6 Å². The van der Waals surface area contributed by atoms with Gasteiger partial charge in [0, 0.05) is 42.8 Å². The number of carbonyl (C=O) groups is 3. The SMILES string of the molecule is CC(C)N1CC2(C(N)=O)N(C(=O)CCN2S(=O)(=O)c2ccc(Cl)cc2Cl)C(Cc2cccnc2)C1=O. The Bertz CT molecular complexity index is 1320. The summed E-state index contributed by atoms with van der Waals surface area (Å²) in [7, 11) is -4.47. The van der Waals surface area contributed by atoms with Crippen molar-refractivity contribution in [2.24, 2.45) is 5.73 Å². The van der Waals surface area contributed by atoms with Crippen LogP contribution in [0.4, 0.5) is 0 Å². The third-order valence-corrected chi connectivity index (χ3v) is 9.15. The summed E-state index contributed by atoms with van der Waals surface area (Å²) in [5, 5.41) is 0.0786. The monoisotopic (exact) mass is 553 g/mol. The van der Waals surface area contributed by atoms with Crippen LogP contribution in [-0.4, -0.2) is 76.1 Å². The molecule has 13 heteroatoms. The lowest BCUT2D eigenvalue weighted by Gasteiger charge is -2.58. The number of hydrogen-bond acceptors (Lipinski definition) is 6. The second-order valence-corrected chi connectivity index (χ2v) is 11.7. The Hall–Kier alpha value is -2.73. The van der Waals surface area contributed by atoms with Gasteiger partial charge in [-0.25, -0.2) is 8.42 Å². The number of pyridine rings is 1. The topological polar surface area (TPSA) is 134 Å². The predicted octanol–water partition coefficient (Wildman–Crippen LogP) is 1.65. The fraction of sp³-hybridized carbons (Fsp3) is 0.391. The number of halogens is 2. The van der Waals surface area contributed by atoms with Crippen molar-refractivity contribution in [3.8, 4) is 0 Å². The molecule has 10 nitrogen and oxygen atoms in total. The first kappa shape index (κ1) is 26.3. The van der Waals surface area contributed by atoms with E-state index < -0.39 is 52.0 Å². The molecule has 1 aromatic carbocycles. The standard InChI is InChI=1S/C23H25Cl2N5O5S/c1-14(2)28-13-23(22(26)33)29(36(34,35)19-6-5-16(24)11-17(19)25)9-7-20(31)30(23)18(21(28)32)10-15-4-3-8-27-12-15/h3-6,8,11-12,14,18H,7,9-10,13H2,1-2H3,(H2,26,33). The molecule has 2 fully saturated rings. The third kappa shape index (κ3) is 4.23. The molecular formula is C23H25Cl2N5O5S. The second-order valence-electron chi connectivity index (χ2n) is 8.99. The average Bonchev–Trinajstić information content (AvgIpc) is 2.80. The van der Waals surface area contributed by atoms with E-state index in [2.05, 4.69) is 4.98 Å². The van der Waals surface area contributed by atoms with E-state index in [-0.39, 0.29) is 34.3 Å². The smallest absolute Gasteiger partial charge is 0.261 e. The number of hydrogen-bond donors (Lipinski definition) is 1. The minimum atomic E-state index is -4.47. The highest BCUT2D eigenvalue weighted by Crippen LogP contribution is 2.40. The van der Waals surface area contributed by atoms with Crippen LogP contribution in [0.3, 0.4) is 0 Å². The van der Waals surface area contributed by atoms with Gasteiger partial charge in [0.25, 0.3) is 5.91 Å². The van der Waals surface area contributed by atoms with Gasteiger partial charge in [0.1, 0.15) is 10.9 Å². The average molecular weight is 554 g/mol. The number of fused-ring (bicyclic) bond motifs is 1. The quantitative estimate of drug-likeness (QED) is 0.578. The molecule has 2 aromatic rings. The summed E-state index contributed by atoms with van der Waals surface area (Å²) in [4.78, 5) is 46.4. The van der Waals surface area contributed by atoms with Crippen molar-refractivity contribution >= 4 is 50.9 Å². The molecule has 2 saturated heterocycles. The molecule has 3 amide bonds. The largest absolute Gasteiger partial charge is 0.366 e. The van der Waals surface area contributed by atoms with Crippen LogP contribution in [0.2, 0.25) is 10.0 Å². The summed E-state index contributed by atoms with van der Waals surface area (Å²) in [6, 6.07) is 5.70. The number of rotatable bonds is 6. The number of aromatic nitrogens is 1. The summed E-state index contributed by atoms with van der Waals surface area (Å²) < 4.78 is 28.8. The molecule has 2 aliphatic rings. The van der Waals surface area contributed by atoms with Gasteiger partial charge in [0.2, 0.25) is 27.5 Å². The number of amides is 3. The Labute approximate surface area is 219 Å². The Kier molecular flexibility index (Phi) is 7.04. The first-order valence-corrected chi connectivity index (χ1v) is 13.4. The molecule has 0 bridgehead atoms. The normalized spacial score (nSPS) is 23.2. The lowest BCUT2D eigenvalue weighted by molar-refractivity contribution is -0.186. The molecular weight excluding hydrogens is 529 g/mol. The number of nitrogens with two attached hydrogens (primary N) is 1. The van der Waals surface area contributed by atoms with Gasteiger partial charge in [0.15, 0.2) is 0 Å². The molecule has 2 aliphatic heterocycles. The van der Waals surface area contributed by atoms with E-state index >= 15 is 0 Å². The highest BCUT2D eigenvalue weighted by Gasteiger charge is 2.64. The number of carbonyl (C=O) groups excluding carboxylic acids is 3. The van der Waals surface area contributed by atoms with Gasteiger partial charge in [-0.3, -0.25) is 19.4 Å². The summed E-state index contributed by atoms with van der Waals surface area (Å²) in [5.74, 6) is -2.03. The maximum Gasteiger partial charge on any atom is 0.261 e. The van der Waals surface area contributed by atoms with E-state index in [0.717, 1.165) is 9.21 Å². The van der Waals surface area contributed by atoms with Crippen molar-refractivity contribution in [1.82, 2.24) is 19.1 Å². The van der Waals surface area contributed by atoms with E-state index in [0.29, 0.717) is 5.56 Å². The van der Waals surface area contributed by atoms with E-state index in [9.17, 15) is 22.8 Å². The zero-order valence-corrected chi connectivity index (χ0v) is 21.9. The van der Waals surface area contributed by atoms with Crippen LogP contribution in [-0.2, 0) is 30.8 Å². The number of primary amides is 1.